The molecule has 0 aliphatic heterocycles. The first kappa shape index (κ1) is 15.5. The smallest absolute Gasteiger partial charge is 0.217 e. The van der Waals surface area contributed by atoms with Gasteiger partial charge in [0.1, 0.15) is 0 Å². The summed E-state index contributed by atoms with van der Waals surface area (Å²) in [5, 5.41) is 15.7. The first-order valence-electron chi connectivity index (χ1n) is 7.32. The first-order valence-corrected chi connectivity index (χ1v) is 7.32. The predicted molar refractivity (Wildman–Crippen MR) is 84.8 cm³/mol. The van der Waals surface area contributed by atoms with E-state index in [0.29, 0.717) is 13.0 Å². The van der Waals surface area contributed by atoms with Gasteiger partial charge in [-0.05, 0) is 41.8 Å². The topological polar surface area (TPSA) is 75.4 Å². The summed E-state index contributed by atoms with van der Waals surface area (Å²) in [7, 11) is 0. The molecule has 0 radical (unpaired) electrons. The summed E-state index contributed by atoms with van der Waals surface area (Å²) in [6.07, 6.45) is 1.57. The molecule has 4 heteroatoms. The minimum atomic E-state index is -0.522. The molecule has 0 fully saturated rings. The van der Waals surface area contributed by atoms with Crippen molar-refractivity contribution in [1.82, 2.24) is 5.32 Å². The van der Waals surface area contributed by atoms with E-state index in [4.69, 9.17) is 5.73 Å². The summed E-state index contributed by atoms with van der Waals surface area (Å²) in [6.45, 7) is 1.28. The third-order valence-electron chi connectivity index (χ3n) is 3.52. The standard InChI is InChI=1S/C17H22N2O2/c18-17(21)7-3-4-10-19-12-16(20)15-9-8-13-5-1-2-6-14(13)11-15/h1-2,5-6,8-9,11,16,19-20H,3-4,7,10,12H2,(H2,18,21). The van der Waals surface area contributed by atoms with Gasteiger partial charge in [-0.2, -0.15) is 0 Å². The molecule has 0 aliphatic carbocycles. The normalized spacial score (nSPS) is 12.4. The lowest BCUT2D eigenvalue weighted by atomic mass is 10.0. The molecule has 0 saturated carbocycles. The van der Waals surface area contributed by atoms with Crippen molar-refractivity contribution < 1.29 is 9.90 Å². The highest BCUT2D eigenvalue weighted by atomic mass is 16.3. The summed E-state index contributed by atoms with van der Waals surface area (Å²) < 4.78 is 0. The molecule has 0 aromatic heterocycles. The average Bonchev–Trinajstić information content (AvgIpc) is 2.49. The average molecular weight is 286 g/mol. The van der Waals surface area contributed by atoms with E-state index in [9.17, 15) is 9.90 Å². The fourth-order valence-electron chi connectivity index (χ4n) is 2.32. The highest BCUT2D eigenvalue weighted by molar-refractivity contribution is 5.83. The van der Waals surface area contributed by atoms with Crippen molar-refractivity contribution in [3.05, 3.63) is 48.0 Å². The zero-order valence-electron chi connectivity index (χ0n) is 12.1. The van der Waals surface area contributed by atoms with E-state index in [1.54, 1.807) is 0 Å². The fourth-order valence-corrected chi connectivity index (χ4v) is 2.32. The second-order valence-corrected chi connectivity index (χ2v) is 5.25. The van der Waals surface area contributed by atoms with Crippen molar-refractivity contribution >= 4 is 16.7 Å². The molecule has 112 valence electrons. The van der Waals surface area contributed by atoms with Gasteiger partial charge in [-0.1, -0.05) is 36.4 Å². The number of benzene rings is 2. The van der Waals surface area contributed by atoms with Gasteiger partial charge in [0.25, 0.3) is 0 Å². The molecule has 0 spiro atoms. The maximum Gasteiger partial charge on any atom is 0.217 e. The molecule has 1 amide bonds. The maximum absolute atomic E-state index is 10.6. The monoisotopic (exact) mass is 286 g/mol. The number of amides is 1. The van der Waals surface area contributed by atoms with Crippen LogP contribution in [-0.4, -0.2) is 24.1 Å². The molecule has 0 saturated heterocycles. The molecule has 2 rings (SSSR count). The fraction of sp³-hybridized carbons (Fsp3) is 0.353. The molecule has 0 aliphatic rings. The van der Waals surface area contributed by atoms with Gasteiger partial charge < -0.3 is 16.2 Å². The number of fused-ring (bicyclic) bond motifs is 1. The molecule has 2 aromatic carbocycles. The number of carbonyl (C=O) groups is 1. The molecule has 4 nitrogen and oxygen atoms in total. The molecule has 2 aromatic rings. The molecular formula is C17H22N2O2. The van der Waals surface area contributed by atoms with Gasteiger partial charge >= 0.3 is 0 Å². The summed E-state index contributed by atoms with van der Waals surface area (Å²) in [4.78, 5) is 10.6. The van der Waals surface area contributed by atoms with Crippen molar-refractivity contribution in [2.45, 2.75) is 25.4 Å². The first-order chi connectivity index (χ1) is 10.2. The molecule has 4 N–H and O–H groups in total. The van der Waals surface area contributed by atoms with Crippen molar-refractivity contribution in [2.75, 3.05) is 13.1 Å². The quantitative estimate of drug-likeness (QED) is 0.651. The Morgan fingerprint density at radius 3 is 2.67 bits per heavy atom. The number of aliphatic hydroxyl groups excluding tert-OH is 1. The summed E-state index contributed by atoms with van der Waals surface area (Å²) in [5.74, 6) is -0.258. The lowest BCUT2D eigenvalue weighted by Crippen LogP contribution is -2.22. The van der Waals surface area contributed by atoms with E-state index in [-0.39, 0.29) is 5.91 Å². The Morgan fingerprint density at radius 1 is 1.14 bits per heavy atom. The van der Waals surface area contributed by atoms with E-state index >= 15 is 0 Å². The summed E-state index contributed by atoms with van der Waals surface area (Å²) in [5.41, 5.74) is 5.99. The van der Waals surface area contributed by atoms with Crippen LogP contribution in [0.5, 0.6) is 0 Å². The summed E-state index contributed by atoms with van der Waals surface area (Å²) >= 11 is 0. The lowest BCUT2D eigenvalue weighted by Gasteiger charge is -2.13. The number of carbonyl (C=O) groups excluding carboxylic acids is 1. The Morgan fingerprint density at radius 2 is 1.90 bits per heavy atom. The highest BCUT2D eigenvalue weighted by Crippen LogP contribution is 2.20. The van der Waals surface area contributed by atoms with E-state index in [2.05, 4.69) is 11.4 Å². The van der Waals surface area contributed by atoms with E-state index in [1.165, 1.54) is 5.39 Å². The number of nitrogens with one attached hydrogen (secondary N) is 1. The van der Waals surface area contributed by atoms with Crippen LogP contribution >= 0.6 is 0 Å². The van der Waals surface area contributed by atoms with Crippen molar-refractivity contribution in [2.24, 2.45) is 5.73 Å². The van der Waals surface area contributed by atoms with Gasteiger partial charge in [0, 0.05) is 13.0 Å². The summed E-state index contributed by atoms with van der Waals surface area (Å²) in [6, 6.07) is 14.1. The second kappa shape index (κ2) is 7.76. The van der Waals surface area contributed by atoms with Gasteiger partial charge in [-0.15, -0.1) is 0 Å². The van der Waals surface area contributed by atoms with Gasteiger partial charge in [0.15, 0.2) is 0 Å². The van der Waals surface area contributed by atoms with Gasteiger partial charge in [-0.25, -0.2) is 0 Å². The molecule has 21 heavy (non-hydrogen) atoms. The third kappa shape index (κ3) is 4.85. The second-order valence-electron chi connectivity index (χ2n) is 5.25. The van der Waals surface area contributed by atoms with Crippen LogP contribution in [0.1, 0.15) is 30.9 Å². The Bertz CT molecular complexity index is 598. The maximum atomic E-state index is 10.6. The molecule has 0 heterocycles. The third-order valence-corrected chi connectivity index (χ3v) is 3.52. The number of aliphatic hydroxyl groups is 1. The predicted octanol–water partition coefficient (Wildman–Crippen LogP) is 2.12. The number of hydrogen-bond donors (Lipinski definition) is 3. The SMILES string of the molecule is NC(=O)CCCCNCC(O)c1ccc2ccccc2c1. The van der Waals surface area contributed by atoms with Gasteiger partial charge in [0.2, 0.25) is 5.91 Å². The minimum absolute atomic E-state index is 0.258. The van der Waals surface area contributed by atoms with Crippen LogP contribution in [0, 0.1) is 0 Å². The van der Waals surface area contributed by atoms with Crippen LogP contribution in [0.15, 0.2) is 42.5 Å². The Labute approximate surface area is 125 Å². The Kier molecular flexibility index (Phi) is 5.72. The largest absolute Gasteiger partial charge is 0.387 e. The van der Waals surface area contributed by atoms with Crippen LogP contribution in [0.25, 0.3) is 10.8 Å². The van der Waals surface area contributed by atoms with Crippen molar-refractivity contribution in [1.29, 1.82) is 0 Å². The number of unbranched alkanes of at least 4 members (excludes halogenated alkanes) is 1. The zero-order valence-corrected chi connectivity index (χ0v) is 12.1. The van der Waals surface area contributed by atoms with E-state index in [1.807, 2.05) is 36.4 Å². The molecule has 1 unspecified atom stereocenters. The van der Waals surface area contributed by atoms with Gasteiger partial charge in [-0.3, -0.25) is 4.79 Å². The van der Waals surface area contributed by atoms with Crippen LogP contribution in [-0.2, 0) is 4.79 Å². The highest BCUT2D eigenvalue weighted by Gasteiger charge is 2.07. The van der Waals surface area contributed by atoms with Crippen LogP contribution in [0.4, 0.5) is 0 Å². The Hall–Kier alpha value is -1.91. The van der Waals surface area contributed by atoms with Crippen LogP contribution in [0.2, 0.25) is 0 Å². The van der Waals surface area contributed by atoms with Gasteiger partial charge in [0.05, 0.1) is 6.10 Å². The molecular weight excluding hydrogens is 264 g/mol. The number of rotatable bonds is 8. The lowest BCUT2D eigenvalue weighted by molar-refractivity contribution is -0.118. The number of hydrogen-bond acceptors (Lipinski definition) is 3. The van der Waals surface area contributed by atoms with Crippen LogP contribution < -0.4 is 11.1 Å². The minimum Gasteiger partial charge on any atom is -0.387 e. The van der Waals surface area contributed by atoms with E-state index < -0.39 is 6.10 Å². The van der Waals surface area contributed by atoms with Crippen LogP contribution in [0.3, 0.4) is 0 Å². The zero-order chi connectivity index (χ0) is 15.1. The Balaban J connectivity index is 1.79. The number of nitrogens with two attached hydrogens (primary N) is 1. The molecule has 0 bridgehead atoms. The van der Waals surface area contributed by atoms with E-state index in [0.717, 1.165) is 30.3 Å². The molecule has 1 atom stereocenters. The van der Waals surface area contributed by atoms with Crippen molar-refractivity contribution in [3.8, 4) is 0 Å². The van der Waals surface area contributed by atoms with Crippen molar-refractivity contribution in [3.63, 3.8) is 0 Å². The number of primary amides is 1.